The van der Waals surface area contributed by atoms with Crippen molar-refractivity contribution in [1.82, 2.24) is 9.97 Å². The summed E-state index contributed by atoms with van der Waals surface area (Å²) in [6.07, 6.45) is -5.86. The molecule has 1 aromatic heterocycles. The maximum Gasteiger partial charge on any atom is 0.417 e. The number of hydrogen-bond acceptors (Lipinski definition) is 7. The van der Waals surface area contributed by atoms with Crippen molar-refractivity contribution in [2.24, 2.45) is 0 Å². The Morgan fingerprint density at radius 3 is 2.62 bits per heavy atom. The zero-order valence-electron chi connectivity index (χ0n) is 15.4. The van der Waals surface area contributed by atoms with Gasteiger partial charge in [0.1, 0.15) is 24.3 Å². The Morgan fingerprint density at radius 1 is 1.21 bits per heavy atom. The minimum atomic E-state index is -4.64. The summed E-state index contributed by atoms with van der Waals surface area (Å²) in [6.45, 7) is -0.940. The fraction of sp³-hybridized carbons (Fsp3) is 0.263. The Morgan fingerprint density at radius 2 is 1.97 bits per heavy atom. The molecule has 2 aromatic carbocycles. The lowest BCUT2D eigenvalue weighted by Gasteiger charge is -2.19. The summed E-state index contributed by atoms with van der Waals surface area (Å²) in [4.78, 5) is 8.17. The number of rotatable bonds is 6. The standard InChI is InChI=1S/C19H19F3N4O3/c1-24-17-12-6-5-10(7-14(12)25-18(23)26-17)16-13(19(20,21)22)3-2-4-15(16)29-9-11(28)8-27/h2-7,11,27-28H,8-9H2,1H3,(H3,23,24,25,26). The molecule has 0 bridgehead atoms. The second kappa shape index (κ2) is 8.10. The predicted octanol–water partition coefficient (Wildman–Crippen LogP) is 2.67. The highest BCUT2D eigenvalue weighted by Gasteiger charge is 2.35. The van der Waals surface area contributed by atoms with Gasteiger partial charge >= 0.3 is 6.18 Å². The molecule has 7 nitrogen and oxygen atoms in total. The Kier molecular flexibility index (Phi) is 5.76. The molecule has 0 aliphatic heterocycles. The summed E-state index contributed by atoms with van der Waals surface area (Å²) >= 11 is 0. The van der Waals surface area contributed by atoms with E-state index in [1.807, 2.05) is 0 Å². The first-order valence-electron chi connectivity index (χ1n) is 8.62. The van der Waals surface area contributed by atoms with Crippen molar-refractivity contribution in [2.75, 3.05) is 31.3 Å². The largest absolute Gasteiger partial charge is 0.490 e. The van der Waals surface area contributed by atoms with Gasteiger partial charge in [0.2, 0.25) is 5.95 Å². The normalized spacial score (nSPS) is 12.8. The SMILES string of the molecule is CNc1nc(N)nc2cc(-c3c(OCC(O)CO)cccc3C(F)(F)F)ccc12. The summed E-state index contributed by atoms with van der Waals surface area (Å²) in [5.41, 5.74) is 5.16. The van der Waals surface area contributed by atoms with Gasteiger partial charge in [-0.1, -0.05) is 12.1 Å². The van der Waals surface area contributed by atoms with E-state index in [0.29, 0.717) is 16.7 Å². The number of aliphatic hydroxyl groups is 2. The van der Waals surface area contributed by atoms with E-state index in [2.05, 4.69) is 15.3 Å². The minimum Gasteiger partial charge on any atom is -0.490 e. The van der Waals surface area contributed by atoms with Crippen molar-refractivity contribution < 1.29 is 28.1 Å². The number of ether oxygens (including phenoxy) is 1. The molecule has 0 aliphatic carbocycles. The van der Waals surface area contributed by atoms with Crippen molar-refractivity contribution in [3.8, 4) is 16.9 Å². The third-order valence-electron chi connectivity index (χ3n) is 4.21. The number of anilines is 2. The van der Waals surface area contributed by atoms with Crippen LogP contribution in [0.15, 0.2) is 36.4 Å². The van der Waals surface area contributed by atoms with Gasteiger partial charge in [0, 0.05) is 18.0 Å². The van der Waals surface area contributed by atoms with Gasteiger partial charge in [-0.05, 0) is 29.8 Å². The molecule has 154 valence electrons. The van der Waals surface area contributed by atoms with Crippen LogP contribution in [0.2, 0.25) is 0 Å². The van der Waals surface area contributed by atoms with E-state index in [1.165, 1.54) is 24.3 Å². The number of nitrogens with zero attached hydrogens (tertiary/aromatic N) is 2. The highest BCUT2D eigenvalue weighted by molar-refractivity contribution is 5.93. The third kappa shape index (κ3) is 4.33. The fourth-order valence-electron chi connectivity index (χ4n) is 2.92. The molecular formula is C19H19F3N4O3. The Hall–Kier alpha value is -3.11. The van der Waals surface area contributed by atoms with Crippen LogP contribution in [0.3, 0.4) is 0 Å². The van der Waals surface area contributed by atoms with E-state index in [9.17, 15) is 18.3 Å². The molecule has 10 heteroatoms. The van der Waals surface area contributed by atoms with E-state index in [4.69, 9.17) is 15.6 Å². The van der Waals surface area contributed by atoms with Gasteiger partial charge in [0.25, 0.3) is 0 Å². The van der Waals surface area contributed by atoms with Crippen LogP contribution in [0.25, 0.3) is 22.0 Å². The number of fused-ring (bicyclic) bond motifs is 1. The highest BCUT2D eigenvalue weighted by Crippen LogP contribution is 2.43. The van der Waals surface area contributed by atoms with Crippen molar-refractivity contribution in [3.63, 3.8) is 0 Å². The van der Waals surface area contributed by atoms with Crippen LogP contribution in [0.5, 0.6) is 5.75 Å². The molecule has 3 aromatic rings. The molecule has 29 heavy (non-hydrogen) atoms. The summed E-state index contributed by atoms with van der Waals surface area (Å²) in [5, 5.41) is 21.9. The number of nitrogen functional groups attached to an aromatic ring is 1. The maximum absolute atomic E-state index is 13.7. The molecule has 3 rings (SSSR count). The fourth-order valence-corrected chi connectivity index (χ4v) is 2.92. The lowest BCUT2D eigenvalue weighted by molar-refractivity contribution is -0.137. The number of aromatic nitrogens is 2. The zero-order chi connectivity index (χ0) is 21.2. The van der Waals surface area contributed by atoms with Crippen LogP contribution >= 0.6 is 0 Å². The van der Waals surface area contributed by atoms with Gasteiger partial charge in [-0.3, -0.25) is 0 Å². The van der Waals surface area contributed by atoms with Gasteiger partial charge in [-0.15, -0.1) is 0 Å². The van der Waals surface area contributed by atoms with Crippen LogP contribution in [0.1, 0.15) is 5.56 Å². The van der Waals surface area contributed by atoms with E-state index in [1.54, 1.807) is 13.1 Å². The molecule has 0 aliphatic rings. The molecular weight excluding hydrogens is 389 g/mol. The first-order valence-corrected chi connectivity index (χ1v) is 8.62. The third-order valence-corrected chi connectivity index (χ3v) is 4.21. The number of benzene rings is 2. The molecule has 0 spiro atoms. The van der Waals surface area contributed by atoms with Crippen LogP contribution in [0, 0.1) is 0 Å². The number of nitrogens with two attached hydrogens (primary N) is 1. The van der Waals surface area contributed by atoms with E-state index in [-0.39, 0.29) is 29.4 Å². The quantitative estimate of drug-likeness (QED) is 0.496. The summed E-state index contributed by atoms with van der Waals surface area (Å²) < 4.78 is 46.4. The number of nitrogens with one attached hydrogen (secondary N) is 1. The number of alkyl halides is 3. The summed E-state index contributed by atoms with van der Waals surface area (Å²) in [7, 11) is 1.65. The van der Waals surface area contributed by atoms with Crippen molar-refractivity contribution >= 4 is 22.7 Å². The van der Waals surface area contributed by atoms with Crippen LogP contribution in [0.4, 0.5) is 24.9 Å². The van der Waals surface area contributed by atoms with Gasteiger partial charge < -0.3 is 26.0 Å². The van der Waals surface area contributed by atoms with Crippen LogP contribution in [-0.2, 0) is 6.18 Å². The predicted molar refractivity (Wildman–Crippen MR) is 103 cm³/mol. The van der Waals surface area contributed by atoms with Gasteiger partial charge in [-0.2, -0.15) is 18.2 Å². The molecule has 0 amide bonds. The monoisotopic (exact) mass is 408 g/mol. The Balaban J connectivity index is 2.20. The second-order valence-corrected chi connectivity index (χ2v) is 6.24. The molecule has 0 radical (unpaired) electrons. The molecule has 1 atom stereocenters. The average Bonchev–Trinajstić information content (AvgIpc) is 2.69. The Bertz CT molecular complexity index is 1030. The second-order valence-electron chi connectivity index (χ2n) is 6.24. The van der Waals surface area contributed by atoms with Gasteiger partial charge in [-0.25, -0.2) is 4.98 Å². The maximum atomic E-state index is 13.7. The lowest BCUT2D eigenvalue weighted by Crippen LogP contribution is -2.21. The zero-order valence-corrected chi connectivity index (χ0v) is 15.4. The van der Waals surface area contributed by atoms with Crippen molar-refractivity contribution in [2.45, 2.75) is 12.3 Å². The summed E-state index contributed by atoms with van der Waals surface area (Å²) in [5.74, 6) is 0.346. The van der Waals surface area contributed by atoms with Crippen molar-refractivity contribution in [3.05, 3.63) is 42.0 Å². The lowest BCUT2D eigenvalue weighted by atomic mass is 9.97. The number of aliphatic hydroxyl groups excluding tert-OH is 2. The first kappa shape index (κ1) is 20.6. The molecule has 1 heterocycles. The topological polar surface area (TPSA) is 114 Å². The number of hydrogen-bond donors (Lipinski definition) is 4. The molecule has 0 saturated carbocycles. The van der Waals surface area contributed by atoms with Gasteiger partial charge in [0.15, 0.2) is 0 Å². The van der Waals surface area contributed by atoms with Crippen LogP contribution in [-0.4, -0.2) is 46.5 Å². The van der Waals surface area contributed by atoms with E-state index >= 15 is 0 Å². The Labute approximate surface area is 164 Å². The van der Waals surface area contributed by atoms with Crippen molar-refractivity contribution in [1.29, 1.82) is 0 Å². The smallest absolute Gasteiger partial charge is 0.417 e. The van der Waals surface area contributed by atoms with Crippen LogP contribution < -0.4 is 15.8 Å². The molecule has 0 saturated heterocycles. The first-order chi connectivity index (χ1) is 13.7. The minimum absolute atomic E-state index is 0.0225. The van der Waals surface area contributed by atoms with Gasteiger partial charge in [0.05, 0.1) is 17.7 Å². The average molecular weight is 408 g/mol. The molecule has 5 N–H and O–H groups in total. The highest BCUT2D eigenvalue weighted by atomic mass is 19.4. The van der Waals surface area contributed by atoms with E-state index < -0.39 is 24.5 Å². The molecule has 0 fully saturated rings. The van der Waals surface area contributed by atoms with E-state index in [0.717, 1.165) is 6.07 Å². The number of halogens is 3. The molecule has 1 unspecified atom stereocenters. The summed E-state index contributed by atoms with van der Waals surface area (Å²) in [6, 6.07) is 8.09.